The predicted molar refractivity (Wildman–Crippen MR) is 278 cm³/mol. The summed E-state index contributed by atoms with van der Waals surface area (Å²) >= 11 is 0. The number of ether oxygens (including phenoxy) is 4. The van der Waals surface area contributed by atoms with Crippen LogP contribution in [0.2, 0.25) is 0 Å². The van der Waals surface area contributed by atoms with Crippen molar-refractivity contribution in [1.29, 1.82) is 0 Å². The standard InChI is InChI=1S/C26H36N4O5.C16H15NO4.C10H23N3O2.CH4/c1-26(2,3)35-24(32)28-16-18-30(4)17-15-27-23(31)22(21-13-9-6-10-14-21)29-25(33)34-19-20-11-7-5-8-12-20;18-15(19)14(13-9-5-2-6-10-13)17-16(20)21-11-12-7-3-1-4-8-12;1-10(2,3)15-9(14)12-6-8-13(4)7-5-11;/h5-14,22H,15-19H2,1-4H3,(H,27,31)(H,28,32)(H,29,33);1-10,14H,11H2,(H,17,20)(H,18,19);5-8,11H2,1-4H3,(H,12,14);1H4/t22-;14-;;/m00../s1. The molecule has 0 aliphatic rings. The minimum Gasteiger partial charge on any atom is -0.479 e. The van der Waals surface area contributed by atoms with Crippen molar-refractivity contribution >= 4 is 36.2 Å². The molecule has 8 N–H and O–H groups in total. The van der Waals surface area contributed by atoms with E-state index in [4.69, 9.17) is 24.7 Å². The maximum Gasteiger partial charge on any atom is 0.408 e. The van der Waals surface area contributed by atoms with E-state index < -0.39 is 47.5 Å². The minimum absolute atomic E-state index is 0. The Morgan fingerprint density at radius 2 is 0.847 bits per heavy atom. The van der Waals surface area contributed by atoms with E-state index in [1.807, 2.05) is 127 Å². The number of carboxylic acid groups (broad SMARTS) is 1. The van der Waals surface area contributed by atoms with Crippen LogP contribution in [0.1, 0.15) is 83.3 Å². The van der Waals surface area contributed by atoms with Crippen molar-refractivity contribution in [1.82, 2.24) is 36.4 Å². The molecule has 0 fully saturated rings. The number of rotatable bonds is 21. The molecule has 0 unspecified atom stereocenters. The zero-order valence-corrected chi connectivity index (χ0v) is 42.3. The fourth-order valence-electron chi connectivity index (χ4n) is 5.89. The van der Waals surface area contributed by atoms with Gasteiger partial charge in [-0.2, -0.15) is 0 Å². The van der Waals surface area contributed by atoms with E-state index in [-0.39, 0.29) is 32.6 Å². The number of benzene rings is 4. The zero-order chi connectivity index (χ0) is 52.7. The number of carbonyl (C=O) groups excluding carboxylic acids is 5. The van der Waals surface area contributed by atoms with Crippen LogP contribution in [0, 0.1) is 0 Å². The summed E-state index contributed by atoms with van der Waals surface area (Å²) in [5.74, 6) is -1.48. The first-order chi connectivity index (χ1) is 33.6. The molecule has 0 aliphatic carbocycles. The lowest BCUT2D eigenvalue weighted by Gasteiger charge is -2.22. The molecule has 5 amide bonds. The number of likely N-dealkylation sites (N-methyl/N-ethyl adjacent to an activating group) is 2. The van der Waals surface area contributed by atoms with Gasteiger partial charge in [0.05, 0.1) is 0 Å². The summed E-state index contributed by atoms with van der Waals surface area (Å²) in [5, 5.41) is 22.4. The fourth-order valence-corrected chi connectivity index (χ4v) is 5.89. The third-order valence-electron chi connectivity index (χ3n) is 9.35. The largest absolute Gasteiger partial charge is 0.479 e. The first-order valence-corrected chi connectivity index (χ1v) is 23.2. The van der Waals surface area contributed by atoms with Crippen LogP contribution in [-0.2, 0) is 41.8 Å². The van der Waals surface area contributed by atoms with E-state index in [1.165, 1.54) is 0 Å². The molecule has 0 saturated heterocycles. The van der Waals surface area contributed by atoms with Crippen molar-refractivity contribution < 1.29 is 52.8 Å². The Balaban J connectivity index is 0.000000594. The van der Waals surface area contributed by atoms with Crippen molar-refractivity contribution in [2.75, 3.05) is 66.5 Å². The van der Waals surface area contributed by atoms with Crippen LogP contribution >= 0.6 is 0 Å². The molecule has 0 bridgehead atoms. The molecule has 0 aromatic heterocycles. The normalized spacial score (nSPS) is 11.5. The second-order valence-corrected chi connectivity index (χ2v) is 18.0. The number of hydrogen-bond donors (Lipinski definition) is 7. The van der Waals surface area contributed by atoms with Crippen LogP contribution in [0.5, 0.6) is 0 Å². The summed E-state index contributed by atoms with van der Waals surface area (Å²) < 4.78 is 20.6. The van der Waals surface area contributed by atoms with Gasteiger partial charge in [0.25, 0.3) is 0 Å². The summed E-state index contributed by atoms with van der Waals surface area (Å²) in [7, 11) is 3.85. The van der Waals surface area contributed by atoms with Crippen LogP contribution in [0.25, 0.3) is 0 Å². The Labute approximate surface area is 425 Å². The monoisotopic (exact) mass is 1000 g/mol. The number of nitrogens with zero attached hydrogens (tertiary/aromatic N) is 2. The number of carboxylic acids is 1. The summed E-state index contributed by atoms with van der Waals surface area (Å²) in [6.45, 7) is 15.9. The Hall–Kier alpha value is -7.22. The Morgan fingerprint density at radius 3 is 1.21 bits per heavy atom. The molecular weight excluding hydrogens is 925 g/mol. The second kappa shape index (κ2) is 34.2. The highest BCUT2D eigenvalue weighted by atomic mass is 16.6. The zero-order valence-electron chi connectivity index (χ0n) is 42.3. The molecule has 19 nitrogen and oxygen atoms in total. The molecule has 2 atom stereocenters. The van der Waals surface area contributed by atoms with E-state index in [0.29, 0.717) is 50.4 Å². The molecule has 396 valence electrons. The topological polar surface area (TPSA) is 252 Å². The van der Waals surface area contributed by atoms with Crippen LogP contribution in [-0.4, -0.2) is 129 Å². The summed E-state index contributed by atoms with van der Waals surface area (Å²) in [6.07, 6.45) is -2.28. The van der Waals surface area contributed by atoms with Gasteiger partial charge in [-0.3, -0.25) is 4.79 Å². The average molecular weight is 1000 g/mol. The lowest BCUT2D eigenvalue weighted by Crippen LogP contribution is -2.43. The summed E-state index contributed by atoms with van der Waals surface area (Å²) in [4.78, 5) is 75.2. The van der Waals surface area contributed by atoms with Crippen molar-refractivity contribution in [3.8, 4) is 0 Å². The van der Waals surface area contributed by atoms with E-state index in [9.17, 15) is 33.9 Å². The fraction of sp³-hybridized carbons (Fsp3) is 0.434. The van der Waals surface area contributed by atoms with Crippen molar-refractivity contribution in [3.63, 3.8) is 0 Å². The number of nitrogens with one attached hydrogen (secondary N) is 5. The molecule has 4 aromatic rings. The van der Waals surface area contributed by atoms with Crippen LogP contribution in [0.3, 0.4) is 0 Å². The van der Waals surface area contributed by atoms with Crippen molar-refractivity contribution in [3.05, 3.63) is 144 Å². The first-order valence-electron chi connectivity index (χ1n) is 23.2. The van der Waals surface area contributed by atoms with Crippen LogP contribution in [0.4, 0.5) is 19.2 Å². The number of carbonyl (C=O) groups is 6. The predicted octanol–water partition coefficient (Wildman–Crippen LogP) is 7.00. The van der Waals surface area contributed by atoms with Crippen LogP contribution in [0.15, 0.2) is 121 Å². The average Bonchev–Trinajstić information content (AvgIpc) is 3.31. The Kier molecular flexibility index (Phi) is 29.8. The summed E-state index contributed by atoms with van der Waals surface area (Å²) in [6, 6.07) is 33.9. The maximum absolute atomic E-state index is 12.9. The minimum atomic E-state index is -1.14. The van der Waals surface area contributed by atoms with Gasteiger partial charge in [-0.15, -0.1) is 0 Å². The Morgan fingerprint density at radius 1 is 0.514 bits per heavy atom. The summed E-state index contributed by atoms with van der Waals surface area (Å²) in [5.41, 5.74) is 7.23. The maximum atomic E-state index is 12.9. The van der Waals surface area contributed by atoms with Gasteiger partial charge >= 0.3 is 30.3 Å². The molecule has 19 heteroatoms. The van der Waals surface area contributed by atoms with E-state index >= 15 is 0 Å². The van der Waals surface area contributed by atoms with E-state index in [0.717, 1.165) is 24.2 Å². The number of hydrogen-bond acceptors (Lipinski definition) is 13. The second-order valence-electron chi connectivity index (χ2n) is 18.0. The van der Waals surface area contributed by atoms with Gasteiger partial charge in [0, 0.05) is 52.4 Å². The molecule has 72 heavy (non-hydrogen) atoms. The first kappa shape index (κ1) is 62.8. The lowest BCUT2D eigenvalue weighted by atomic mass is 10.1. The van der Waals surface area contributed by atoms with Crippen molar-refractivity contribution in [2.45, 2.75) is 85.5 Å². The van der Waals surface area contributed by atoms with Gasteiger partial charge in [-0.1, -0.05) is 129 Å². The highest BCUT2D eigenvalue weighted by Gasteiger charge is 2.24. The number of nitrogens with two attached hydrogens (primary N) is 1. The Bertz CT molecular complexity index is 2160. The SMILES string of the molecule is C.CN(CCN)CCNC(=O)OC(C)(C)C.CN(CCNC(=O)OC(C)(C)C)CCNC(=O)[C@@H](NC(=O)OCc1ccccc1)c1ccccc1.O=C(N[C@H](C(=O)O)c1ccccc1)OCc1ccccc1. The number of aliphatic carboxylic acids is 1. The molecule has 0 spiro atoms. The van der Waals surface area contributed by atoms with Gasteiger partial charge in [-0.25, -0.2) is 24.0 Å². The third kappa shape index (κ3) is 29.7. The molecular formula is C53H78N8O11. The lowest BCUT2D eigenvalue weighted by molar-refractivity contribution is -0.139. The van der Waals surface area contributed by atoms with Crippen LogP contribution < -0.4 is 32.3 Å². The quantitative estimate of drug-likeness (QED) is 0.0415. The molecule has 0 saturated carbocycles. The number of alkyl carbamates (subject to hydrolysis) is 4. The number of amides is 5. The van der Waals surface area contributed by atoms with Gasteiger partial charge in [0.15, 0.2) is 6.04 Å². The van der Waals surface area contributed by atoms with Gasteiger partial charge in [0.1, 0.15) is 30.5 Å². The van der Waals surface area contributed by atoms with Gasteiger partial charge < -0.3 is 66.2 Å². The molecule has 4 aromatic carbocycles. The highest BCUT2D eigenvalue weighted by Crippen LogP contribution is 2.15. The molecule has 0 aliphatic heterocycles. The van der Waals surface area contributed by atoms with E-state index in [1.54, 1.807) is 54.6 Å². The van der Waals surface area contributed by atoms with Gasteiger partial charge in [-0.05, 0) is 77.9 Å². The molecule has 4 rings (SSSR count). The third-order valence-corrected chi connectivity index (χ3v) is 9.35. The smallest absolute Gasteiger partial charge is 0.408 e. The molecule has 0 heterocycles. The van der Waals surface area contributed by atoms with E-state index in [2.05, 4.69) is 31.5 Å². The van der Waals surface area contributed by atoms with Gasteiger partial charge in [0.2, 0.25) is 5.91 Å². The molecule has 0 radical (unpaired) electrons. The van der Waals surface area contributed by atoms with Crippen molar-refractivity contribution in [2.24, 2.45) is 5.73 Å². The highest BCUT2D eigenvalue weighted by molar-refractivity contribution is 5.87.